The highest BCUT2D eigenvalue weighted by Crippen LogP contribution is 2.34. The molecule has 1 aromatic heterocycles. The van der Waals surface area contributed by atoms with E-state index in [-0.39, 0.29) is 26.6 Å². The molecule has 8 nitrogen and oxygen atoms in total. The monoisotopic (exact) mass is 354 g/mol. The molecule has 0 radical (unpaired) electrons. The van der Waals surface area contributed by atoms with E-state index in [9.17, 15) is 14.4 Å². The predicted octanol–water partition coefficient (Wildman–Crippen LogP) is 0.948. The lowest BCUT2D eigenvalue weighted by atomic mass is 10.3. The number of hydrogen-bond donors (Lipinski definition) is 3. The van der Waals surface area contributed by atoms with Crippen LogP contribution in [0.2, 0.25) is 15.2 Å². The Balaban J connectivity index is 2.73. The minimum absolute atomic E-state index is 0.0957. The van der Waals surface area contributed by atoms with Crippen LogP contribution in [0.1, 0.15) is 17.4 Å². The summed E-state index contributed by atoms with van der Waals surface area (Å²) in [7, 11) is 0. The average Bonchev–Trinajstić information content (AvgIpc) is 2.44. The van der Waals surface area contributed by atoms with Crippen molar-refractivity contribution in [3.8, 4) is 0 Å². The number of hydrogen-bond acceptors (Lipinski definition) is 6. The molecule has 114 valence electrons. The average molecular weight is 356 g/mol. The molecule has 0 atom stereocenters. The van der Waals surface area contributed by atoms with E-state index in [1.165, 1.54) is 6.92 Å². The Hall–Kier alpha value is -1.77. The number of aromatic nitrogens is 1. The van der Waals surface area contributed by atoms with Crippen molar-refractivity contribution in [3.63, 3.8) is 0 Å². The number of pyridine rings is 1. The number of ether oxygens (including phenoxy) is 1. The van der Waals surface area contributed by atoms with Gasteiger partial charge in [-0.2, -0.15) is 0 Å². The zero-order chi connectivity index (χ0) is 16.2. The van der Waals surface area contributed by atoms with E-state index < -0.39 is 24.4 Å². The molecule has 1 heterocycles. The topological polar surface area (TPSA) is 123 Å². The second-order valence-electron chi connectivity index (χ2n) is 3.60. The third-order valence-electron chi connectivity index (χ3n) is 1.98. The molecule has 21 heavy (non-hydrogen) atoms. The molecule has 1 rings (SSSR count). The molecule has 0 aliphatic heterocycles. The first-order valence-electron chi connectivity index (χ1n) is 5.26. The molecular weight excluding hydrogens is 346 g/mol. The number of carbonyl (C=O) groups is 3. The van der Waals surface area contributed by atoms with Gasteiger partial charge in [0.1, 0.15) is 5.02 Å². The quantitative estimate of drug-likeness (QED) is 0.421. The molecular formula is C10H9Cl3N4O4. The van der Waals surface area contributed by atoms with Gasteiger partial charge in [0.2, 0.25) is 5.91 Å². The van der Waals surface area contributed by atoms with Gasteiger partial charge in [0, 0.05) is 6.92 Å². The Morgan fingerprint density at radius 1 is 1.19 bits per heavy atom. The number of esters is 1. The summed E-state index contributed by atoms with van der Waals surface area (Å²) in [6.07, 6.45) is 0. The summed E-state index contributed by atoms with van der Waals surface area (Å²) >= 11 is 17.2. The maximum Gasteiger partial charge on any atom is 0.359 e. The van der Waals surface area contributed by atoms with E-state index >= 15 is 0 Å². The molecule has 0 aromatic carbocycles. The normalized spacial score (nSPS) is 9.90. The molecule has 2 amide bonds. The predicted molar refractivity (Wildman–Crippen MR) is 75.9 cm³/mol. The standard InChI is InChI=1S/C10H9Cl3N4O4/c1-3(18)16-17-4(19)2-21-10(20)8-5(11)7(14)6(12)9(13)15-8/h2H2,1H3,(H2,14,15)(H,16,18)(H,17,19). The number of carbonyl (C=O) groups excluding carboxylic acids is 3. The van der Waals surface area contributed by atoms with Crippen LogP contribution in [0.3, 0.4) is 0 Å². The van der Waals surface area contributed by atoms with Crippen LogP contribution < -0.4 is 16.6 Å². The first-order chi connectivity index (χ1) is 9.73. The van der Waals surface area contributed by atoms with E-state index in [2.05, 4.69) is 9.72 Å². The molecule has 0 spiro atoms. The smallest absolute Gasteiger partial charge is 0.359 e. The fourth-order valence-corrected chi connectivity index (χ4v) is 1.65. The SMILES string of the molecule is CC(=O)NNC(=O)COC(=O)c1nc(Cl)c(Cl)c(N)c1Cl. The number of hydrazine groups is 1. The minimum atomic E-state index is -1.02. The number of nitrogen functional groups attached to an aromatic ring is 1. The van der Waals surface area contributed by atoms with Crippen molar-refractivity contribution < 1.29 is 19.1 Å². The van der Waals surface area contributed by atoms with Gasteiger partial charge in [0.15, 0.2) is 17.5 Å². The zero-order valence-corrected chi connectivity index (χ0v) is 12.8. The van der Waals surface area contributed by atoms with Crippen LogP contribution >= 0.6 is 34.8 Å². The lowest BCUT2D eigenvalue weighted by molar-refractivity contribution is -0.129. The number of anilines is 1. The zero-order valence-electron chi connectivity index (χ0n) is 10.5. The van der Waals surface area contributed by atoms with E-state index in [0.29, 0.717) is 0 Å². The van der Waals surface area contributed by atoms with Crippen LogP contribution in [-0.2, 0) is 14.3 Å². The fraction of sp³-hybridized carbons (Fsp3) is 0.200. The molecule has 0 aliphatic rings. The highest BCUT2D eigenvalue weighted by atomic mass is 35.5. The highest BCUT2D eigenvalue weighted by Gasteiger charge is 2.21. The summed E-state index contributed by atoms with van der Waals surface area (Å²) in [5.41, 5.74) is 9.04. The van der Waals surface area contributed by atoms with Crippen LogP contribution in [0.5, 0.6) is 0 Å². The highest BCUT2D eigenvalue weighted by molar-refractivity contribution is 6.46. The van der Waals surface area contributed by atoms with Gasteiger partial charge in [-0.25, -0.2) is 9.78 Å². The Kier molecular flexibility index (Phi) is 6.01. The second kappa shape index (κ2) is 7.30. The molecule has 0 saturated heterocycles. The molecule has 11 heteroatoms. The van der Waals surface area contributed by atoms with Gasteiger partial charge in [-0.1, -0.05) is 34.8 Å². The molecule has 1 aromatic rings. The van der Waals surface area contributed by atoms with Gasteiger partial charge in [-0.05, 0) is 0 Å². The summed E-state index contributed by atoms with van der Waals surface area (Å²) in [5.74, 6) is -2.28. The van der Waals surface area contributed by atoms with E-state index in [4.69, 9.17) is 40.5 Å². The van der Waals surface area contributed by atoms with Gasteiger partial charge in [0.25, 0.3) is 5.91 Å². The molecule has 0 saturated carbocycles. The van der Waals surface area contributed by atoms with Gasteiger partial charge < -0.3 is 10.5 Å². The van der Waals surface area contributed by atoms with Crippen LogP contribution in [0, 0.1) is 0 Å². The van der Waals surface area contributed by atoms with Crippen molar-refractivity contribution in [2.24, 2.45) is 0 Å². The van der Waals surface area contributed by atoms with Gasteiger partial charge in [-0.3, -0.25) is 20.4 Å². The van der Waals surface area contributed by atoms with E-state index in [0.717, 1.165) is 0 Å². The summed E-state index contributed by atoms with van der Waals surface area (Å²) in [4.78, 5) is 37.1. The second-order valence-corrected chi connectivity index (χ2v) is 4.71. The number of nitrogens with one attached hydrogen (secondary N) is 2. The summed E-state index contributed by atoms with van der Waals surface area (Å²) in [6, 6.07) is 0. The Bertz CT molecular complexity index is 608. The Labute approximate surface area is 133 Å². The number of amides is 2. The fourth-order valence-electron chi connectivity index (χ4n) is 1.06. The van der Waals surface area contributed by atoms with Crippen molar-refractivity contribution >= 4 is 58.3 Å². The molecule has 0 fully saturated rings. The third kappa shape index (κ3) is 4.62. The number of halogens is 3. The number of nitrogens with zero attached hydrogens (tertiary/aromatic N) is 1. The van der Waals surface area contributed by atoms with Crippen molar-refractivity contribution in [2.45, 2.75) is 6.92 Å². The first-order valence-corrected chi connectivity index (χ1v) is 6.40. The van der Waals surface area contributed by atoms with Crippen molar-refractivity contribution in [3.05, 3.63) is 20.9 Å². The van der Waals surface area contributed by atoms with Gasteiger partial charge in [-0.15, -0.1) is 0 Å². The maximum absolute atomic E-state index is 11.7. The number of nitrogens with two attached hydrogens (primary N) is 1. The van der Waals surface area contributed by atoms with E-state index in [1.807, 2.05) is 10.9 Å². The molecule has 0 aliphatic carbocycles. The minimum Gasteiger partial charge on any atom is -0.451 e. The Morgan fingerprint density at radius 3 is 2.38 bits per heavy atom. The summed E-state index contributed by atoms with van der Waals surface area (Å²) < 4.78 is 4.65. The van der Waals surface area contributed by atoms with E-state index in [1.54, 1.807) is 0 Å². The largest absolute Gasteiger partial charge is 0.451 e. The molecule has 0 unspecified atom stereocenters. The van der Waals surface area contributed by atoms with Gasteiger partial charge in [0.05, 0.1) is 10.7 Å². The number of rotatable bonds is 3. The van der Waals surface area contributed by atoms with Gasteiger partial charge >= 0.3 is 5.97 Å². The van der Waals surface area contributed by atoms with Crippen LogP contribution in [0.15, 0.2) is 0 Å². The maximum atomic E-state index is 11.7. The first kappa shape index (κ1) is 17.3. The molecule has 4 N–H and O–H groups in total. The van der Waals surface area contributed by atoms with Crippen LogP contribution in [0.25, 0.3) is 0 Å². The third-order valence-corrected chi connectivity index (χ3v) is 3.11. The van der Waals surface area contributed by atoms with Crippen LogP contribution in [-0.4, -0.2) is 29.4 Å². The summed E-state index contributed by atoms with van der Waals surface area (Å²) in [5, 5.41) is -0.563. The Morgan fingerprint density at radius 2 is 1.81 bits per heavy atom. The summed E-state index contributed by atoms with van der Waals surface area (Å²) in [6.45, 7) is 0.520. The molecule has 0 bridgehead atoms. The van der Waals surface area contributed by atoms with Crippen molar-refractivity contribution in [1.29, 1.82) is 0 Å². The lowest BCUT2D eigenvalue weighted by Crippen LogP contribution is -2.42. The van der Waals surface area contributed by atoms with Crippen molar-refractivity contribution in [2.75, 3.05) is 12.3 Å². The van der Waals surface area contributed by atoms with Crippen LogP contribution in [0.4, 0.5) is 5.69 Å². The van der Waals surface area contributed by atoms with Crippen molar-refractivity contribution in [1.82, 2.24) is 15.8 Å². The lowest BCUT2D eigenvalue weighted by Gasteiger charge is -2.09.